The van der Waals surface area contributed by atoms with Crippen molar-refractivity contribution in [3.05, 3.63) is 0 Å². The van der Waals surface area contributed by atoms with Gasteiger partial charge in [-0.2, -0.15) is 0 Å². The van der Waals surface area contributed by atoms with E-state index in [0.29, 0.717) is 37.5 Å². The van der Waals surface area contributed by atoms with Crippen LogP contribution in [0.1, 0.15) is 299 Å². The molecule has 19 heteroatoms. The van der Waals surface area contributed by atoms with Crippen LogP contribution in [0.25, 0.3) is 0 Å². The summed E-state index contributed by atoms with van der Waals surface area (Å²) in [5.41, 5.74) is 0. The van der Waals surface area contributed by atoms with E-state index in [9.17, 15) is 43.2 Å². The van der Waals surface area contributed by atoms with E-state index in [0.717, 1.165) is 109 Å². The molecule has 0 aliphatic carbocycles. The zero-order valence-electron chi connectivity index (χ0n) is 52.2. The summed E-state index contributed by atoms with van der Waals surface area (Å²) in [5, 5.41) is 10.5. The van der Waals surface area contributed by atoms with Gasteiger partial charge < -0.3 is 33.8 Å². The van der Waals surface area contributed by atoms with Crippen molar-refractivity contribution in [1.82, 2.24) is 0 Å². The molecule has 0 aliphatic rings. The molecule has 17 nitrogen and oxygen atoms in total. The summed E-state index contributed by atoms with van der Waals surface area (Å²) in [6.45, 7) is 11.6. The third-order valence-corrected chi connectivity index (χ3v) is 16.0. The van der Waals surface area contributed by atoms with Crippen LogP contribution in [0.4, 0.5) is 0 Å². The number of phosphoric ester groups is 2. The SMILES string of the molecule is CCCCCCCC(=O)OC[C@H](COP(=O)(O)OC[C@H](O)COP(=O)(O)OC[C@@H](COC(=O)CCCCCCCCCC(C)C)OC(=O)CCCCCCCCCCCCCCCC(C)C)OC(=O)CCCCCCCCCC(C)C. The summed E-state index contributed by atoms with van der Waals surface area (Å²) < 4.78 is 67.7. The molecule has 0 spiro atoms. The highest BCUT2D eigenvalue weighted by Gasteiger charge is 2.30. The van der Waals surface area contributed by atoms with Crippen molar-refractivity contribution in [2.45, 2.75) is 317 Å². The maximum absolute atomic E-state index is 12.9. The first kappa shape index (κ1) is 79.1. The third kappa shape index (κ3) is 56.9. The van der Waals surface area contributed by atoms with Gasteiger partial charge in [-0.3, -0.25) is 37.3 Å². The van der Waals surface area contributed by atoms with Crippen LogP contribution in [0, 0.1) is 17.8 Å². The minimum atomic E-state index is -4.94. The van der Waals surface area contributed by atoms with Gasteiger partial charge in [0.15, 0.2) is 12.2 Å². The summed E-state index contributed by atoms with van der Waals surface area (Å²) in [7, 11) is -9.88. The van der Waals surface area contributed by atoms with Crippen molar-refractivity contribution in [3.63, 3.8) is 0 Å². The fourth-order valence-corrected chi connectivity index (χ4v) is 10.7. The number of unbranched alkanes of at least 4 members (excludes halogenated alkanes) is 28. The number of rotatable bonds is 60. The first-order valence-electron chi connectivity index (χ1n) is 32.3. The Kier molecular flexibility index (Phi) is 52.2. The number of carbonyl (C=O) groups is 4. The number of esters is 4. The van der Waals surface area contributed by atoms with Crippen molar-refractivity contribution in [3.8, 4) is 0 Å². The molecule has 0 aliphatic heterocycles. The summed E-state index contributed by atoms with van der Waals surface area (Å²) in [4.78, 5) is 71.8. The number of phosphoric acid groups is 2. The summed E-state index contributed by atoms with van der Waals surface area (Å²) >= 11 is 0. The molecule has 0 aromatic carbocycles. The number of ether oxygens (including phenoxy) is 4. The van der Waals surface area contributed by atoms with Crippen LogP contribution in [0.15, 0.2) is 0 Å². The molecule has 2 unspecified atom stereocenters. The molecule has 0 aromatic heterocycles. The zero-order chi connectivity index (χ0) is 60.3. The first-order valence-corrected chi connectivity index (χ1v) is 35.3. The number of hydrogen-bond donors (Lipinski definition) is 3. The molecular formula is C62H120O17P2. The van der Waals surface area contributed by atoms with E-state index in [1.165, 1.54) is 96.3 Å². The van der Waals surface area contributed by atoms with Gasteiger partial charge >= 0.3 is 39.5 Å². The molecule has 0 radical (unpaired) electrons. The minimum absolute atomic E-state index is 0.102. The van der Waals surface area contributed by atoms with E-state index in [4.69, 9.17) is 37.0 Å². The Labute approximate surface area is 492 Å². The van der Waals surface area contributed by atoms with Crippen LogP contribution in [0.3, 0.4) is 0 Å². The summed E-state index contributed by atoms with van der Waals surface area (Å²) in [6, 6.07) is 0. The second kappa shape index (κ2) is 53.5. The molecule has 0 heterocycles. The Hall–Kier alpha value is -1.94. The van der Waals surface area contributed by atoms with Crippen LogP contribution in [0.5, 0.6) is 0 Å². The summed E-state index contributed by atoms with van der Waals surface area (Å²) in [6.07, 6.45) is 34.0. The van der Waals surface area contributed by atoms with Crippen molar-refractivity contribution in [2.24, 2.45) is 17.8 Å². The molecule has 0 amide bonds. The van der Waals surface area contributed by atoms with E-state index in [-0.39, 0.29) is 25.7 Å². The standard InChI is InChI=1S/C62H120O17P2/c1-8-9-10-26-36-43-59(64)72-49-57(78-62(67)46-39-32-25-19-22-29-35-42-55(6)7)51-76-80(68,69)74-47-56(63)48-75-81(70,71)77-52-58(50-73-60(65)44-37-30-24-18-21-28-34-41-54(4)5)79-61(66)45-38-31-23-17-15-13-11-12-14-16-20-27-33-40-53(2)3/h53-58,63H,8-52H2,1-7H3,(H,68,69)(H,70,71)/t56-,57+,58+/m0/s1. The van der Waals surface area contributed by atoms with E-state index in [1.54, 1.807) is 0 Å². The molecule has 0 rings (SSSR count). The number of aliphatic hydroxyl groups is 1. The maximum atomic E-state index is 12.9. The van der Waals surface area contributed by atoms with E-state index in [2.05, 4.69) is 48.5 Å². The third-order valence-electron chi connectivity index (χ3n) is 14.1. The molecule has 0 bridgehead atoms. The van der Waals surface area contributed by atoms with E-state index < -0.39 is 97.5 Å². The average molecular weight is 1200 g/mol. The van der Waals surface area contributed by atoms with Crippen molar-refractivity contribution in [2.75, 3.05) is 39.6 Å². The number of carbonyl (C=O) groups excluding carboxylic acids is 4. The van der Waals surface area contributed by atoms with Crippen LogP contribution in [0.2, 0.25) is 0 Å². The maximum Gasteiger partial charge on any atom is 0.472 e. The van der Waals surface area contributed by atoms with E-state index >= 15 is 0 Å². The van der Waals surface area contributed by atoms with Crippen molar-refractivity contribution in [1.29, 1.82) is 0 Å². The second-order valence-electron chi connectivity index (χ2n) is 23.9. The van der Waals surface area contributed by atoms with Gasteiger partial charge in [-0.1, -0.05) is 248 Å². The lowest BCUT2D eigenvalue weighted by atomic mass is 10.0. The second-order valence-corrected chi connectivity index (χ2v) is 26.8. The molecule has 3 N–H and O–H groups in total. The quantitative estimate of drug-likeness (QED) is 0.0222. The highest BCUT2D eigenvalue weighted by Crippen LogP contribution is 2.45. The first-order chi connectivity index (χ1) is 38.7. The molecule has 0 fully saturated rings. The Morgan fingerprint density at radius 2 is 0.568 bits per heavy atom. The molecule has 81 heavy (non-hydrogen) atoms. The average Bonchev–Trinajstić information content (AvgIpc) is 3.41. The zero-order valence-corrected chi connectivity index (χ0v) is 54.0. The largest absolute Gasteiger partial charge is 0.472 e. The van der Waals surface area contributed by atoms with Crippen LogP contribution >= 0.6 is 15.6 Å². The molecule has 5 atom stereocenters. The fraction of sp³-hybridized carbons (Fsp3) is 0.935. The van der Waals surface area contributed by atoms with Gasteiger partial charge in [-0.25, -0.2) is 9.13 Å². The van der Waals surface area contributed by atoms with Gasteiger partial charge in [-0.15, -0.1) is 0 Å². The fourth-order valence-electron chi connectivity index (χ4n) is 9.13. The molecule has 0 saturated heterocycles. The minimum Gasteiger partial charge on any atom is -0.462 e. The lowest BCUT2D eigenvalue weighted by Crippen LogP contribution is -2.30. The lowest BCUT2D eigenvalue weighted by molar-refractivity contribution is -0.161. The monoisotopic (exact) mass is 1200 g/mol. The Morgan fingerprint density at radius 3 is 0.840 bits per heavy atom. The molecule has 0 saturated carbocycles. The lowest BCUT2D eigenvalue weighted by Gasteiger charge is -2.21. The Morgan fingerprint density at radius 1 is 0.333 bits per heavy atom. The van der Waals surface area contributed by atoms with Crippen LogP contribution in [-0.2, 0) is 65.4 Å². The van der Waals surface area contributed by atoms with Gasteiger partial charge in [0.05, 0.1) is 26.4 Å². The Balaban J connectivity index is 5.16. The number of aliphatic hydroxyl groups excluding tert-OH is 1. The van der Waals surface area contributed by atoms with Gasteiger partial charge in [0.2, 0.25) is 0 Å². The predicted octanol–water partition coefficient (Wildman–Crippen LogP) is 16.7. The van der Waals surface area contributed by atoms with E-state index in [1.807, 2.05) is 0 Å². The number of hydrogen-bond acceptors (Lipinski definition) is 15. The van der Waals surface area contributed by atoms with Gasteiger partial charge in [0.25, 0.3) is 0 Å². The smallest absolute Gasteiger partial charge is 0.462 e. The van der Waals surface area contributed by atoms with Crippen molar-refractivity contribution < 1.29 is 80.2 Å². The van der Waals surface area contributed by atoms with Gasteiger partial charge in [-0.05, 0) is 43.4 Å². The molecular weight excluding hydrogens is 1080 g/mol. The molecule has 480 valence electrons. The predicted molar refractivity (Wildman–Crippen MR) is 321 cm³/mol. The molecule has 0 aromatic rings. The topological polar surface area (TPSA) is 237 Å². The normalized spacial score (nSPS) is 14.4. The Bertz CT molecular complexity index is 1610. The van der Waals surface area contributed by atoms with Gasteiger partial charge in [0, 0.05) is 25.7 Å². The van der Waals surface area contributed by atoms with Crippen LogP contribution < -0.4 is 0 Å². The summed E-state index contributed by atoms with van der Waals surface area (Å²) in [5.74, 6) is 0.0361. The van der Waals surface area contributed by atoms with Crippen molar-refractivity contribution >= 4 is 39.5 Å². The highest BCUT2D eigenvalue weighted by atomic mass is 31.2. The van der Waals surface area contributed by atoms with Crippen LogP contribution in [-0.4, -0.2) is 96.7 Å². The van der Waals surface area contributed by atoms with Gasteiger partial charge in [0.1, 0.15) is 19.3 Å². The highest BCUT2D eigenvalue weighted by molar-refractivity contribution is 7.47.